The fourth-order valence-corrected chi connectivity index (χ4v) is 1.88. The Balaban J connectivity index is 2.11. The molecular formula is C13H9Cl2F2N. The molecule has 1 nitrogen and oxygen atoms in total. The van der Waals surface area contributed by atoms with Crippen LogP contribution in [0.15, 0.2) is 36.4 Å². The van der Waals surface area contributed by atoms with E-state index in [1.165, 1.54) is 24.3 Å². The lowest BCUT2D eigenvalue weighted by Gasteiger charge is -2.09. The van der Waals surface area contributed by atoms with Gasteiger partial charge in [0, 0.05) is 17.1 Å². The molecule has 0 amide bonds. The van der Waals surface area contributed by atoms with Crippen molar-refractivity contribution in [1.29, 1.82) is 0 Å². The monoisotopic (exact) mass is 287 g/mol. The maximum absolute atomic E-state index is 13.5. The first-order chi connectivity index (χ1) is 8.56. The molecule has 0 radical (unpaired) electrons. The first-order valence-electron chi connectivity index (χ1n) is 5.19. The van der Waals surface area contributed by atoms with Crippen molar-refractivity contribution in [3.05, 3.63) is 63.6 Å². The third kappa shape index (κ3) is 3.12. The van der Waals surface area contributed by atoms with Crippen molar-refractivity contribution in [2.75, 3.05) is 5.32 Å². The largest absolute Gasteiger partial charge is 0.380 e. The van der Waals surface area contributed by atoms with Gasteiger partial charge >= 0.3 is 0 Å². The molecule has 0 aliphatic heterocycles. The molecule has 0 bridgehead atoms. The van der Waals surface area contributed by atoms with Gasteiger partial charge in [0.25, 0.3) is 0 Å². The van der Waals surface area contributed by atoms with Crippen LogP contribution < -0.4 is 5.32 Å². The van der Waals surface area contributed by atoms with E-state index in [-0.39, 0.29) is 11.6 Å². The predicted octanol–water partition coefficient (Wildman–Crippen LogP) is 4.88. The molecule has 2 rings (SSSR count). The SMILES string of the molecule is Fc1ccc(NCc2ccc(Cl)cc2F)c(Cl)c1. The molecule has 2 aromatic carbocycles. The second-order valence-corrected chi connectivity index (χ2v) is 4.56. The number of halogens is 4. The third-order valence-corrected chi connectivity index (χ3v) is 2.96. The van der Waals surface area contributed by atoms with Crippen molar-refractivity contribution in [3.63, 3.8) is 0 Å². The van der Waals surface area contributed by atoms with E-state index < -0.39 is 11.6 Å². The van der Waals surface area contributed by atoms with E-state index in [1.54, 1.807) is 12.1 Å². The molecule has 0 atom stereocenters. The number of benzene rings is 2. The van der Waals surface area contributed by atoms with Crippen LogP contribution in [0.5, 0.6) is 0 Å². The Morgan fingerprint density at radius 1 is 1.00 bits per heavy atom. The second kappa shape index (κ2) is 5.55. The number of nitrogens with one attached hydrogen (secondary N) is 1. The van der Waals surface area contributed by atoms with Crippen molar-refractivity contribution in [1.82, 2.24) is 0 Å². The average molecular weight is 288 g/mol. The molecular weight excluding hydrogens is 279 g/mol. The van der Waals surface area contributed by atoms with Gasteiger partial charge in [-0.05, 0) is 30.3 Å². The molecule has 0 unspecified atom stereocenters. The lowest BCUT2D eigenvalue weighted by Crippen LogP contribution is -2.02. The van der Waals surface area contributed by atoms with E-state index in [0.29, 0.717) is 16.3 Å². The fourth-order valence-electron chi connectivity index (χ4n) is 1.49. The topological polar surface area (TPSA) is 12.0 Å². The summed E-state index contributed by atoms with van der Waals surface area (Å²) in [7, 11) is 0. The average Bonchev–Trinajstić information content (AvgIpc) is 2.30. The van der Waals surface area contributed by atoms with Crippen molar-refractivity contribution in [2.24, 2.45) is 0 Å². The Bertz CT molecular complexity index is 521. The lowest BCUT2D eigenvalue weighted by atomic mass is 10.2. The molecule has 18 heavy (non-hydrogen) atoms. The highest BCUT2D eigenvalue weighted by Crippen LogP contribution is 2.23. The summed E-state index contributed by atoms with van der Waals surface area (Å²) < 4.78 is 26.3. The van der Waals surface area contributed by atoms with Gasteiger partial charge in [-0.3, -0.25) is 0 Å². The summed E-state index contributed by atoms with van der Waals surface area (Å²) in [5, 5.41) is 3.53. The van der Waals surface area contributed by atoms with E-state index in [9.17, 15) is 8.78 Å². The highest BCUT2D eigenvalue weighted by molar-refractivity contribution is 6.33. The Morgan fingerprint density at radius 3 is 2.44 bits per heavy atom. The van der Waals surface area contributed by atoms with E-state index in [1.807, 2.05) is 0 Å². The maximum Gasteiger partial charge on any atom is 0.129 e. The Hall–Kier alpha value is -1.32. The van der Waals surface area contributed by atoms with Gasteiger partial charge in [0.15, 0.2) is 0 Å². The fraction of sp³-hybridized carbons (Fsp3) is 0.0769. The van der Waals surface area contributed by atoms with Gasteiger partial charge in [-0.25, -0.2) is 8.78 Å². The van der Waals surface area contributed by atoms with Crippen LogP contribution in [0.2, 0.25) is 10.0 Å². The van der Waals surface area contributed by atoms with Crippen LogP contribution in [0.1, 0.15) is 5.56 Å². The number of rotatable bonds is 3. The second-order valence-electron chi connectivity index (χ2n) is 3.71. The Morgan fingerprint density at radius 2 is 1.78 bits per heavy atom. The van der Waals surface area contributed by atoms with Crippen LogP contribution in [0, 0.1) is 11.6 Å². The van der Waals surface area contributed by atoms with Gasteiger partial charge in [0.1, 0.15) is 11.6 Å². The highest BCUT2D eigenvalue weighted by Gasteiger charge is 2.05. The summed E-state index contributed by atoms with van der Waals surface area (Å²) in [6, 6.07) is 8.42. The number of hydrogen-bond donors (Lipinski definition) is 1. The van der Waals surface area contributed by atoms with Crippen LogP contribution >= 0.6 is 23.2 Å². The Labute approximate surface area is 113 Å². The standard InChI is InChI=1S/C13H9Cl2F2N/c14-9-2-1-8(12(17)5-9)7-18-13-4-3-10(16)6-11(13)15/h1-6,18H,7H2. The zero-order valence-corrected chi connectivity index (χ0v) is 10.7. The van der Waals surface area contributed by atoms with E-state index in [0.717, 1.165) is 0 Å². The zero-order chi connectivity index (χ0) is 13.1. The molecule has 0 saturated carbocycles. The molecule has 1 N–H and O–H groups in total. The minimum absolute atomic E-state index is 0.244. The molecule has 2 aromatic rings. The third-order valence-electron chi connectivity index (χ3n) is 2.42. The summed E-state index contributed by atoms with van der Waals surface area (Å²) >= 11 is 11.5. The van der Waals surface area contributed by atoms with Crippen LogP contribution in [0.4, 0.5) is 14.5 Å². The van der Waals surface area contributed by atoms with Gasteiger partial charge in [0.05, 0.1) is 10.7 Å². The van der Waals surface area contributed by atoms with Crippen molar-refractivity contribution in [2.45, 2.75) is 6.54 Å². The Kier molecular flexibility index (Phi) is 4.04. The van der Waals surface area contributed by atoms with Gasteiger partial charge < -0.3 is 5.32 Å². The van der Waals surface area contributed by atoms with Gasteiger partial charge in [-0.1, -0.05) is 29.3 Å². The summed E-state index contributed by atoms with van der Waals surface area (Å²) in [5.74, 6) is -0.809. The highest BCUT2D eigenvalue weighted by atomic mass is 35.5. The molecule has 0 aromatic heterocycles. The van der Waals surface area contributed by atoms with Gasteiger partial charge in [0.2, 0.25) is 0 Å². The first-order valence-corrected chi connectivity index (χ1v) is 5.95. The summed E-state index contributed by atoms with van der Waals surface area (Å²) in [5.41, 5.74) is 1.01. The maximum atomic E-state index is 13.5. The molecule has 0 heterocycles. The van der Waals surface area contributed by atoms with E-state index >= 15 is 0 Å². The summed E-state index contributed by atoms with van der Waals surface area (Å²) in [4.78, 5) is 0. The molecule has 0 spiro atoms. The molecule has 0 saturated heterocycles. The summed E-state index contributed by atoms with van der Waals surface area (Å²) in [6.07, 6.45) is 0. The minimum Gasteiger partial charge on any atom is -0.380 e. The minimum atomic E-state index is -0.414. The van der Waals surface area contributed by atoms with E-state index in [4.69, 9.17) is 23.2 Å². The molecule has 0 aliphatic rings. The molecule has 94 valence electrons. The van der Waals surface area contributed by atoms with Crippen molar-refractivity contribution in [3.8, 4) is 0 Å². The first kappa shape index (κ1) is 13.1. The quantitative estimate of drug-likeness (QED) is 0.848. The normalized spacial score (nSPS) is 10.4. The zero-order valence-electron chi connectivity index (χ0n) is 9.18. The van der Waals surface area contributed by atoms with Gasteiger partial charge in [-0.15, -0.1) is 0 Å². The molecule has 5 heteroatoms. The predicted molar refractivity (Wildman–Crippen MR) is 70.1 cm³/mol. The smallest absolute Gasteiger partial charge is 0.129 e. The van der Waals surface area contributed by atoms with Crippen LogP contribution in [0.3, 0.4) is 0 Å². The summed E-state index contributed by atoms with van der Waals surface area (Å²) in [6.45, 7) is 0.244. The molecule has 0 fully saturated rings. The van der Waals surface area contributed by atoms with Gasteiger partial charge in [-0.2, -0.15) is 0 Å². The molecule has 0 aliphatic carbocycles. The van der Waals surface area contributed by atoms with Crippen molar-refractivity contribution >= 4 is 28.9 Å². The van der Waals surface area contributed by atoms with Crippen LogP contribution in [0.25, 0.3) is 0 Å². The number of hydrogen-bond acceptors (Lipinski definition) is 1. The number of anilines is 1. The van der Waals surface area contributed by atoms with Crippen LogP contribution in [-0.2, 0) is 6.54 Å². The van der Waals surface area contributed by atoms with Crippen LogP contribution in [-0.4, -0.2) is 0 Å². The van der Waals surface area contributed by atoms with E-state index in [2.05, 4.69) is 5.32 Å². The van der Waals surface area contributed by atoms with Crippen molar-refractivity contribution < 1.29 is 8.78 Å². The lowest BCUT2D eigenvalue weighted by molar-refractivity contribution is 0.613.